The van der Waals surface area contributed by atoms with Crippen LogP contribution < -0.4 is 20.9 Å². The third-order valence-electron chi connectivity index (χ3n) is 6.47. The highest BCUT2D eigenvalue weighted by atomic mass is 16.5. The Bertz CT molecular complexity index is 1600. The number of methoxy groups -OCH3 is 1. The average Bonchev–Trinajstić information content (AvgIpc) is 3.25. The summed E-state index contributed by atoms with van der Waals surface area (Å²) >= 11 is 0. The standard InChI is InChI=1S/C32H31N3O4/c1-3-38-32(36)16-24-20-35(31-15-22(9-12-30(24)31)23-13-25(33)17-26(34)14-23)19-21-7-10-27(11-8-21)39-29-6-4-5-28(18-29)37-2/h4-15,17-18,20H,3,16,19,33-34H2,1-2H3. The predicted molar refractivity (Wildman–Crippen MR) is 155 cm³/mol. The fourth-order valence-corrected chi connectivity index (χ4v) is 4.69. The number of carbonyl (C=O) groups is 1. The second-order valence-electron chi connectivity index (χ2n) is 9.31. The molecule has 0 unspecified atom stereocenters. The van der Waals surface area contributed by atoms with E-state index in [-0.39, 0.29) is 12.4 Å². The summed E-state index contributed by atoms with van der Waals surface area (Å²) in [5.41, 5.74) is 18.3. The zero-order valence-electron chi connectivity index (χ0n) is 22.0. The van der Waals surface area contributed by atoms with E-state index in [2.05, 4.69) is 10.6 Å². The van der Waals surface area contributed by atoms with Gasteiger partial charge in [0.1, 0.15) is 17.2 Å². The molecule has 7 heteroatoms. The smallest absolute Gasteiger partial charge is 0.310 e. The van der Waals surface area contributed by atoms with Crippen LogP contribution in [-0.2, 0) is 22.5 Å². The van der Waals surface area contributed by atoms with Crippen molar-refractivity contribution in [1.82, 2.24) is 4.57 Å². The fourth-order valence-electron chi connectivity index (χ4n) is 4.69. The van der Waals surface area contributed by atoms with Crippen LogP contribution in [0.1, 0.15) is 18.1 Å². The maximum absolute atomic E-state index is 12.3. The van der Waals surface area contributed by atoms with Gasteiger partial charge in [-0.1, -0.05) is 30.3 Å². The summed E-state index contributed by atoms with van der Waals surface area (Å²) in [5, 5.41) is 1.00. The molecule has 0 amide bonds. The van der Waals surface area contributed by atoms with E-state index in [0.717, 1.165) is 44.7 Å². The number of benzene rings is 4. The van der Waals surface area contributed by atoms with Gasteiger partial charge < -0.3 is 30.2 Å². The predicted octanol–water partition coefficient (Wildman–Crippen LogP) is 6.43. The Kier molecular flexibility index (Phi) is 7.41. The van der Waals surface area contributed by atoms with Crippen molar-refractivity contribution in [3.8, 4) is 28.4 Å². The van der Waals surface area contributed by atoms with E-state index >= 15 is 0 Å². The number of rotatable bonds is 9. The first-order valence-electron chi connectivity index (χ1n) is 12.8. The Labute approximate surface area is 227 Å². The molecule has 4 aromatic carbocycles. The lowest BCUT2D eigenvalue weighted by Crippen LogP contribution is -2.07. The number of nitrogens with zero attached hydrogens (tertiary/aromatic N) is 1. The molecule has 0 saturated heterocycles. The molecule has 0 saturated carbocycles. The third kappa shape index (κ3) is 5.99. The molecule has 7 nitrogen and oxygen atoms in total. The molecule has 1 heterocycles. The molecule has 0 aliphatic rings. The van der Waals surface area contributed by atoms with Crippen LogP contribution in [0.15, 0.2) is 91.1 Å². The maximum Gasteiger partial charge on any atom is 0.310 e. The van der Waals surface area contributed by atoms with Crippen LogP contribution in [0.25, 0.3) is 22.0 Å². The fraction of sp³-hybridized carbons (Fsp3) is 0.156. The highest BCUT2D eigenvalue weighted by molar-refractivity contribution is 5.91. The summed E-state index contributed by atoms with van der Waals surface area (Å²) in [6, 6.07) is 27.2. The second kappa shape index (κ2) is 11.2. The highest BCUT2D eigenvalue weighted by Gasteiger charge is 2.15. The van der Waals surface area contributed by atoms with Crippen LogP contribution in [-0.4, -0.2) is 24.3 Å². The number of aromatic nitrogens is 1. The Morgan fingerprint density at radius 3 is 2.28 bits per heavy atom. The van der Waals surface area contributed by atoms with Crippen molar-refractivity contribution in [2.45, 2.75) is 19.9 Å². The van der Waals surface area contributed by atoms with Crippen LogP contribution in [0.3, 0.4) is 0 Å². The molecule has 0 fully saturated rings. The van der Waals surface area contributed by atoms with Gasteiger partial charge in [0.25, 0.3) is 0 Å². The minimum absolute atomic E-state index is 0.204. The zero-order valence-corrected chi connectivity index (χ0v) is 22.0. The van der Waals surface area contributed by atoms with Gasteiger partial charge >= 0.3 is 5.97 Å². The lowest BCUT2D eigenvalue weighted by atomic mass is 10.0. The number of esters is 1. The molecule has 0 spiro atoms. The highest BCUT2D eigenvalue weighted by Crippen LogP contribution is 2.31. The van der Waals surface area contributed by atoms with E-state index in [1.54, 1.807) is 13.2 Å². The molecule has 5 rings (SSSR count). The van der Waals surface area contributed by atoms with Gasteiger partial charge in [0.2, 0.25) is 0 Å². The Balaban J connectivity index is 1.46. The molecule has 0 aliphatic heterocycles. The van der Waals surface area contributed by atoms with Crippen molar-refractivity contribution in [2.75, 3.05) is 25.2 Å². The Hall–Kier alpha value is -4.91. The van der Waals surface area contributed by atoms with Crippen LogP contribution in [0.2, 0.25) is 0 Å². The summed E-state index contributed by atoms with van der Waals surface area (Å²) in [4.78, 5) is 12.3. The minimum atomic E-state index is -0.247. The molecule has 5 aromatic rings. The molecular formula is C32H31N3O4. The zero-order chi connectivity index (χ0) is 27.4. The molecule has 39 heavy (non-hydrogen) atoms. The van der Waals surface area contributed by atoms with Gasteiger partial charge in [0.15, 0.2) is 0 Å². The normalized spacial score (nSPS) is 10.9. The summed E-state index contributed by atoms with van der Waals surface area (Å²) in [5.74, 6) is 1.93. The number of hydrogen-bond donors (Lipinski definition) is 2. The maximum atomic E-state index is 12.3. The summed E-state index contributed by atoms with van der Waals surface area (Å²) in [6.45, 7) is 2.77. The number of nitrogens with two attached hydrogens (primary N) is 2. The molecule has 198 valence electrons. The Morgan fingerprint density at radius 1 is 0.821 bits per heavy atom. The van der Waals surface area contributed by atoms with E-state index in [1.165, 1.54) is 0 Å². The second-order valence-corrected chi connectivity index (χ2v) is 9.31. The first-order valence-corrected chi connectivity index (χ1v) is 12.8. The van der Waals surface area contributed by atoms with Gasteiger partial charge in [-0.15, -0.1) is 0 Å². The van der Waals surface area contributed by atoms with Gasteiger partial charge in [-0.05, 0) is 77.7 Å². The van der Waals surface area contributed by atoms with E-state index in [1.807, 2.05) is 85.9 Å². The van der Waals surface area contributed by atoms with Crippen molar-refractivity contribution in [3.63, 3.8) is 0 Å². The number of anilines is 2. The quantitative estimate of drug-likeness (QED) is 0.171. The van der Waals surface area contributed by atoms with E-state index in [0.29, 0.717) is 30.3 Å². The molecule has 0 radical (unpaired) electrons. The molecule has 1 aromatic heterocycles. The lowest BCUT2D eigenvalue weighted by Gasteiger charge is -2.10. The van der Waals surface area contributed by atoms with E-state index in [9.17, 15) is 4.79 Å². The van der Waals surface area contributed by atoms with Crippen LogP contribution in [0, 0.1) is 0 Å². The van der Waals surface area contributed by atoms with Crippen LogP contribution in [0.4, 0.5) is 11.4 Å². The SMILES string of the molecule is CCOC(=O)Cc1cn(Cc2ccc(Oc3cccc(OC)c3)cc2)c2cc(-c3cc(N)cc(N)c3)ccc12. The molecule has 0 atom stereocenters. The lowest BCUT2D eigenvalue weighted by molar-refractivity contribution is -0.142. The number of hydrogen-bond acceptors (Lipinski definition) is 6. The molecule has 0 bridgehead atoms. The molecule has 4 N–H and O–H groups in total. The average molecular weight is 522 g/mol. The van der Waals surface area contributed by atoms with E-state index in [4.69, 9.17) is 25.7 Å². The van der Waals surface area contributed by atoms with Crippen molar-refractivity contribution in [2.24, 2.45) is 0 Å². The van der Waals surface area contributed by atoms with Crippen molar-refractivity contribution in [3.05, 3.63) is 102 Å². The van der Waals surface area contributed by atoms with Crippen molar-refractivity contribution in [1.29, 1.82) is 0 Å². The summed E-state index contributed by atoms with van der Waals surface area (Å²) in [7, 11) is 1.63. The summed E-state index contributed by atoms with van der Waals surface area (Å²) in [6.07, 6.45) is 2.23. The van der Waals surface area contributed by atoms with Crippen LogP contribution >= 0.6 is 0 Å². The van der Waals surface area contributed by atoms with Crippen molar-refractivity contribution >= 4 is 28.2 Å². The van der Waals surface area contributed by atoms with Gasteiger partial charge in [0.05, 0.1) is 20.1 Å². The molecule has 0 aliphatic carbocycles. The minimum Gasteiger partial charge on any atom is -0.497 e. The topological polar surface area (TPSA) is 102 Å². The van der Waals surface area contributed by atoms with Crippen LogP contribution in [0.5, 0.6) is 17.2 Å². The number of fused-ring (bicyclic) bond motifs is 1. The van der Waals surface area contributed by atoms with Gasteiger partial charge in [0, 0.05) is 41.1 Å². The van der Waals surface area contributed by atoms with Gasteiger partial charge in [-0.3, -0.25) is 4.79 Å². The van der Waals surface area contributed by atoms with Gasteiger partial charge in [-0.2, -0.15) is 0 Å². The largest absolute Gasteiger partial charge is 0.497 e. The third-order valence-corrected chi connectivity index (χ3v) is 6.47. The Morgan fingerprint density at radius 2 is 1.56 bits per heavy atom. The number of nitrogen functional groups attached to an aromatic ring is 2. The monoisotopic (exact) mass is 521 g/mol. The number of ether oxygens (including phenoxy) is 3. The number of carbonyl (C=O) groups excluding carboxylic acids is 1. The molecular weight excluding hydrogens is 490 g/mol. The van der Waals surface area contributed by atoms with E-state index < -0.39 is 0 Å². The first kappa shape index (κ1) is 25.7. The summed E-state index contributed by atoms with van der Waals surface area (Å²) < 4.78 is 18.6. The van der Waals surface area contributed by atoms with Crippen molar-refractivity contribution < 1.29 is 19.0 Å². The van der Waals surface area contributed by atoms with Gasteiger partial charge in [-0.25, -0.2) is 0 Å². The first-order chi connectivity index (χ1) is 18.9.